The fourth-order valence-corrected chi connectivity index (χ4v) is 3.80. The fourth-order valence-electron chi connectivity index (χ4n) is 2.58. The summed E-state index contributed by atoms with van der Waals surface area (Å²) < 4.78 is 1.82. The number of rotatable bonds is 4. The van der Waals surface area contributed by atoms with Crippen molar-refractivity contribution in [2.24, 2.45) is 5.92 Å². The van der Waals surface area contributed by atoms with Crippen molar-refractivity contribution in [2.45, 2.75) is 19.8 Å². The topological polar surface area (TPSA) is 32.3 Å². The number of hydrogen-bond acceptors (Lipinski definition) is 2. The standard InChI is InChI=1S/C15H20Br2N2O/c1-2-19(10-11-4-3-7-18-9-11)15(20)13-6-5-12(16)8-14(13)17/h5-6,8,11,18H,2-4,7,9-10H2,1H3. The van der Waals surface area contributed by atoms with Crippen LogP contribution in [0, 0.1) is 5.92 Å². The lowest BCUT2D eigenvalue weighted by Crippen LogP contribution is -2.41. The van der Waals surface area contributed by atoms with E-state index in [9.17, 15) is 4.79 Å². The monoisotopic (exact) mass is 402 g/mol. The van der Waals surface area contributed by atoms with Gasteiger partial charge in [0.1, 0.15) is 0 Å². The van der Waals surface area contributed by atoms with Gasteiger partial charge in [0.25, 0.3) is 5.91 Å². The molecule has 1 aliphatic rings. The second-order valence-corrected chi connectivity index (χ2v) is 6.95. The van der Waals surface area contributed by atoms with Gasteiger partial charge in [-0.3, -0.25) is 4.79 Å². The van der Waals surface area contributed by atoms with E-state index in [1.54, 1.807) is 0 Å². The fraction of sp³-hybridized carbons (Fsp3) is 0.533. The molecule has 1 aromatic rings. The summed E-state index contributed by atoms with van der Waals surface area (Å²) in [6.45, 7) is 5.75. The van der Waals surface area contributed by atoms with Crippen LogP contribution >= 0.6 is 31.9 Å². The molecule has 2 rings (SSSR count). The first kappa shape index (κ1) is 16.0. The minimum Gasteiger partial charge on any atom is -0.339 e. The van der Waals surface area contributed by atoms with E-state index in [0.29, 0.717) is 5.92 Å². The van der Waals surface area contributed by atoms with Crippen LogP contribution in [0.1, 0.15) is 30.1 Å². The number of carbonyl (C=O) groups is 1. The Morgan fingerprint density at radius 1 is 1.45 bits per heavy atom. The van der Waals surface area contributed by atoms with Crippen LogP contribution in [0.3, 0.4) is 0 Å². The van der Waals surface area contributed by atoms with Gasteiger partial charge in [0, 0.05) is 22.0 Å². The van der Waals surface area contributed by atoms with Crippen LogP contribution in [0.5, 0.6) is 0 Å². The van der Waals surface area contributed by atoms with Crippen LogP contribution in [0.4, 0.5) is 0 Å². The maximum absolute atomic E-state index is 12.6. The summed E-state index contributed by atoms with van der Waals surface area (Å²) >= 11 is 6.90. The van der Waals surface area contributed by atoms with Crippen molar-refractivity contribution in [3.8, 4) is 0 Å². The second kappa shape index (κ2) is 7.57. The number of carbonyl (C=O) groups excluding carboxylic acids is 1. The molecule has 5 heteroatoms. The minimum atomic E-state index is 0.109. The van der Waals surface area contributed by atoms with Gasteiger partial charge in [0.2, 0.25) is 0 Å². The molecule has 110 valence electrons. The first-order valence-electron chi connectivity index (χ1n) is 7.07. The Morgan fingerprint density at radius 2 is 2.25 bits per heavy atom. The van der Waals surface area contributed by atoms with Gasteiger partial charge >= 0.3 is 0 Å². The van der Waals surface area contributed by atoms with Gasteiger partial charge in [-0.2, -0.15) is 0 Å². The largest absolute Gasteiger partial charge is 0.339 e. The van der Waals surface area contributed by atoms with Crippen LogP contribution < -0.4 is 5.32 Å². The van der Waals surface area contributed by atoms with E-state index < -0.39 is 0 Å². The molecular weight excluding hydrogens is 384 g/mol. The molecule has 0 aromatic heterocycles. The number of benzene rings is 1. The van der Waals surface area contributed by atoms with E-state index in [1.807, 2.05) is 30.0 Å². The quantitative estimate of drug-likeness (QED) is 0.831. The molecule has 1 fully saturated rings. The third kappa shape index (κ3) is 4.06. The molecule has 1 atom stereocenters. The van der Waals surface area contributed by atoms with Crippen LogP contribution in [0.2, 0.25) is 0 Å². The van der Waals surface area contributed by atoms with Gasteiger partial charge in [-0.05, 0) is 72.9 Å². The third-order valence-electron chi connectivity index (χ3n) is 3.71. The Balaban J connectivity index is 2.07. The average molecular weight is 404 g/mol. The Labute approximate surface area is 137 Å². The van der Waals surface area contributed by atoms with Crippen LogP contribution in [-0.4, -0.2) is 37.0 Å². The number of piperidine rings is 1. The molecule has 20 heavy (non-hydrogen) atoms. The molecular formula is C15H20Br2N2O. The number of halogens is 2. The van der Waals surface area contributed by atoms with Gasteiger partial charge in [0.15, 0.2) is 0 Å². The number of nitrogens with one attached hydrogen (secondary N) is 1. The van der Waals surface area contributed by atoms with Crippen molar-refractivity contribution in [1.29, 1.82) is 0 Å². The first-order chi connectivity index (χ1) is 9.61. The summed E-state index contributed by atoms with van der Waals surface area (Å²) in [6, 6.07) is 5.70. The molecule has 1 aromatic carbocycles. The average Bonchev–Trinajstić information content (AvgIpc) is 2.45. The summed E-state index contributed by atoms with van der Waals surface area (Å²) in [5.74, 6) is 0.680. The van der Waals surface area contributed by atoms with E-state index in [0.717, 1.165) is 40.7 Å². The smallest absolute Gasteiger partial charge is 0.254 e. The highest BCUT2D eigenvalue weighted by molar-refractivity contribution is 9.11. The van der Waals surface area contributed by atoms with E-state index in [-0.39, 0.29) is 5.91 Å². The van der Waals surface area contributed by atoms with Crippen molar-refractivity contribution in [2.75, 3.05) is 26.2 Å². The number of nitrogens with zero attached hydrogens (tertiary/aromatic N) is 1. The summed E-state index contributed by atoms with van der Waals surface area (Å²) in [7, 11) is 0. The van der Waals surface area contributed by atoms with Crippen molar-refractivity contribution >= 4 is 37.8 Å². The maximum Gasteiger partial charge on any atom is 0.254 e. The Hall–Kier alpha value is -0.390. The maximum atomic E-state index is 12.6. The summed E-state index contributed by atoms with van der Waals surface area (Å²) in [4.78, 5) is 14.6. The molecule has 1 N–H and O–H groups in total. The third-order valence-corrected chi connectivity index (χ3v) is 4.86. The van der Waals surface area contributed by atoms with Gasteiger partial charge < -0.3 is 10.2 Å². The highest BCUT2D eigenvalue weighted by atomic mass is 79.9. The van der Waals surface area contributed by atoms with Crippen molar-refractivity contribution in [3.05, 3.63) is 32.7 Å². The van der Waals surface area contributed by atoms with Crippen molar-refractivity contribution in [1.82, 2.24) is 10.2 Å². The molecule has 1 unspecified atom stereocenters. The lowest BCUT2D eigenvalue weighted by Gasteiger charge is -2.29. The van der Waals surface area contributed by atoms with Crippen LogP contribution in [0.15, 0.2) is 27.1 Å². The molecule has 0 aliphatic carbocycles. The zero-order valence-electron chi connectivity index (χ0n) is 11.7. The molecule has 1 saturated heterocycles. The molecule has 0 spiro atoms. The van der Waals surface area contributed by atoms with Crippen LogP contribution in [-0.2, 0) is 0 Å². The van der Waals surface area contributed by atoms with Crippen LogP contribution in [0.25, 0.3) is 0 Å². The van der Waals surface area contributed by atoms with E-state index in [4.69, 9.17) is 0 Å². The van der Waals surface area contributed by atoms with Gasteiger partial charge in [-0.15, -0.1) is 0 Å². The van der Waals surface area contributed by atoms with E-state index in [1.165, 1.54) is 12.8 Å². The number of amides is 1. The Kier molecular flexibility index (Phi) is 6.05. The van der Waals surface area contributed by atoms with E-state index >= 15 is 0 Å². The minimum absolute atomic E-state index is 0.109. The summed E-state index contributed by atoms with van der Waals surface area (Å²) in [5, 5.41) is 3.41. The zero-order chi connectivity index (χ0) is 14.5. The molecule has 1 aliphatic heterocycles. The highest BCUT2D eigenvalue weighted by Crippen LogP contribution is 2.24. The molecule has 0 bridgehead atoms. The van der Waals surface area contributed by atoms with Gasteiger partial charge in [-0.25, -0.2) is 0 Å². The summed E-state index contributed by atoms with van der Waals surface area (Å²) in [5.41, 5.74) is 0.735. The van der Waals surface area contributed by atoms with Crippen molar-refractivity contribution < 1.29 is 4.79 Å². The lowest BCUT2D eigenvalue weighted by atomic mass is 9.99. The Bertz CT molecular complexity index is 473. The highest BCUT2D eigenvalue weighted by Gasteiger charge is 2.22. The first-order valence-corrected chi connectivity index (χ1v) is 8.65. The van der Waals surface area contributed by atoms with Gasteiger partial charge in [0.05, 0.1) is 5.56 Å². The molecule has 3 nitrogen and oxygen atoms in total. The molecule has 1 heterocycles. The SMILES string of the molecule is CCN(CC1CCCNC1)C(=O)c1ccc(Br)cc1Br. The van der Waals surface area contributed by atoms with Crippen molar-refractivity contribution in [3.63, 3.8) is 0 Å². The number of hydrogen-bond donors (Lipinski definition) is 1. The molecule has 1 amide bonds. The second-order valence-electron chi connectivity index (χ2n) is 5.18. The zero-order valence-corrected chi connectivity index (χ0v) is 14.8. The van der Waals surface area contributed by atoms with Gasteiger partial charge in [-0.1, -0.05) is 15.9 Å². The predicted octanol–water partition coefficient (Wildman–Crippen LogP) is 3.67. The molecule has 0 saturated carbocycles. The van der Waals surface area contributed by atoms with E-state index in [2.05, 4.69) is 37.2 Å². The Morgan fingerprint density at radius 3 is 2.85 bits per heavy atom. The molecule has 0 radical (unpaired) electrons. The summed E-state index contributed by atoms with van der Waals surface area (Å²) in [6.07, 6.45) is 2.41. The predicted molar refractivity (Wildman–Crippen MR) is 89.0 cm³/mol. The normalized spacial score (nSPS) is 18.9. The lowest BCUT2D eigenvalue weighted by molar-refractivity contribution is 0.0728.